The number of aliphatic hydroxyl groups is 1. The number of hydrogen-bond donors (Lipinski definition) is 2. The third-order valence-corrected chi connectivity index (χ3v) is 9.00. The van der Waals surface area contributed by atoms with Crippen molar-refractivity contribution in [2.75, 3.05) is 26.3 Å². The van der Waals surface area contributed by atoms with Crippen molar-refractivity contribution >= 4 is 27.5 Å². The Morgan fingerprint density at radius 3 is 2.50 bits per heavy atom. The number of halogens is 2. The first kappa shape index (κ1) is 31.9. The van der Waals surface area contributed by atoms with Crippen LogP contribution in [0.5, 0.6) is 5.75 Å². The second-order valence-electron chi connectivity index (χ2n) is 10.7. The average molecular weight is 619 g/mol. The zero-order valence-corrected chi connectivity index (χ0v) is 25.2. The molecule has 0 unspecified atom stereocenters. The predicted octanol–water partition coefficient (Wildman–Crippen LogP) is 4.70. The van der Waals surface area contributed by atoms with E-state index in [0.29, 0.717) is 30.9 Å². The molecule has 3 aromatic carbocycles. The van der Waals surface area contributed by atoms with Gasteiger partial charge in [-0.25, -0.2) is 12.8 Å². The van der Waals surface area contributed by atoms with E-state index in [-0.39, 0.29) is 41.5 Å². The Kier molecular flexibility index (Phi) is 11.0. The van der Waals surface area contributed by atoms with E-state index in [4.69, 9.17) is 21.1 Å². The van der Waals surface area contributed by atoms with Crippen LogP contribution in [-0.4, -0.2) is 68.3 Å². The minimum Gasteiger partial charge on any atom is -0.487 e. The van der Waals surface area contributed by atoms with Gasteiger partial charge >= 0.3 is 0 Å². The molecule has 3 atom stereocenters. The molecule has 1 fully saturated rings. The number of ether oxygens (including phenoxy) is 2. The fourth-order valence-electron chi connectivity index (χ4n) is 4.74. The van der Waals surface area contributed by atoms with Gasteiger partial charge in [-0.05, 0) is 48.2 Å². The van der Waals surface area contributed by atoms with Crippen molar-refractivity contribution in [3.8, 4) is 5.75 Å². The smallest absolute Gasteiger partial charge is 0.255 e. The van der Waals surface area contributed by atoms with E-state index in [2.05, 4.69) is 5.32 Å². The molecule has 226 valence electrons. The highest BCUT2D eigenvalue weighted by Crippen LogP contribution is 2.25. The van der Waals surface area contributed by atoms with Crippen molar-refractivity contribution in [1.82, 2.24) is 9.62 Å². The summed E-state index contributed by atoms with van der Waals surface area (Å²) in [5.74, 6) is -0.890. The number of nitrogens with zero attached hydrogens (tertiary/aromatic N) is 1. The van der Waals surface area contributed by atoms with E-state index in [1.54, 1.807) is 24.3 Å². The molecule has 1 saturated heterocycles. The maximum absolute atomic E-state index is 13.8. The molecule has 1 heterocycles. The average Bonchev–Trinajstić information content (AvgIpc) is 3.47. The van der Waals surface area contributed by atoms with Crippen LogP contribution in [0, 0.1) is 11.7 Å². The number of sulfonamides is 1. The summed E-state index contributed by atoms with van der Waals surface area (Å²) in [6.07, 6.45) is -0.509. The molecule has 0 radical (unpaired) electrons. The normalized spacial score (nSPS) is 16.9. The fourth-order valence-corrected chi connectivity index (χ4v) is 6.63. The molecule has 0 aliphatic carbocycles. The summed E-state index contributed by atoms with van der Waals surface area (Å²) >= 11 is 5.89. The fraction of sp³-hybridized carbons (Fsp3) is 0.387. The van der Waals surface area contributed by atoms with Gasteiger partial charge in [0, 0.05) is 19.5 Å². The van der Waals surface area contributed by atoms with E-state index in [1.165, 1.54) is 0 Å². The number of para-hydroxylation sites is 1. The van der Waals surface area contributed by atoms with Gasteiger partial charge in [0.05, 0.1) is 40.8 Å². The zero-order valence-electron chi connectivity index (χ0n) is 23.6. The van der Waals surface area contributed by atoms with Crippen molar-refractivity contribution < 1.29 is 32.2 Å². The number of amides is 1. The summed E-state index contributed by atoms with van der Waals surface area (Å²) in [6, 6.07) is 18.5. The zero-order chi connectivity index (χ0) is 30.3. The van der Waals surface area contributed by atoms with Crippen molar-refractivity contribution in [2.24, 2.45) is 5.92 Å². The SMILES string of the molecule is CC(C)CN(C[C@@H](O)[C@H](Cc1ccccc1)NC(=O)c1ccccc1O[C@@H]1CCOC1)S(=O)(=O)c1ccc(F)c(Cl)c1. The van der Waals surface area contributed by atoms with Crippen LogP contribution in [-0.2, 0) is 21.2 Å². The van der Waals surface area contributed by atoms with Gasteiger partial charge in [0.1, 0.15) is 17.7 Å². The lowest BCUT2D eigenvalue weighted by atomic mass is 10.00. The van der Waals surface area contributed by atoms with Gasteiger partial charge in [-0.1, -0.05) is 67.9 Å². The van der Waals surface area contributed by atoms with Gasteiger partial charge < -0.3 is 19.9 Å². The molecule has 0 bridgehead atoms. The Morgan fingerprint density at radius 2 is 1.83 bits per heavy atom. The van der Waals surface area contributed by atoms with Crippen molar-refractivity contribution in [1.29, 1.82) is 0 Å². The molecule has 1 aliphatic rings. The molecule has 42 heavy (non-hydrogen) atoms. The molecule has 1 aliphatic heterocycles. The third-order valence-electron chi connectivity index (χ3n) is 6.88. The molecule has 2 N–H and O–H groups in total. The van der Waals surface area contributed by atoms with Gasteiger partial charge in [0.2, 0.25) is 10.0 Å². The molecular formula is C31H36ClFN2O6S. The lowest BCUT2D eigenvalue weighted by molar-refractivity contribution is 0.0769. The van der Waals surface area contributed by atoms with Gasteiger partial charge in [0.25, 0.3) is 5.91 Å². The van der Waals surface area contributed by atoms with Crippen molar-refractivity contribution in [2.45, 2.75) is 49.8 Å². The Balaban J connectivity index is 1.60. The number of nitrogens with one attached hydrogen (secondary N) is 1. The summed E-state index contributed by atoms with van der Waals surface area (Å²) < 4.78 is 53.6. The van der Waals surface area contributed by atoms with E-state index >= 15 is 0 Å². The minimum absolute atomic E-state index is 0.0839. The summed E-state index contributed by atoms with van der Waals surface area (Å²) in [4.78, 5) is 13.4. The van der Waals surface area contributed by atoms with E-state index in [0.717, 1.165) is 28.1 Å². The maximum atomic E-state index is 13.8. The van der Waals surface area contributed by atoms with Crippen LogP contribution in [0.15, 0.2) is 77.7 Å². The van der Waals surface area contributed by atoms with Crippen molar-refractivity contribution in [3.05, 3.63) is 94.8 Å². The topological polar surface area (TPSA) is 105 Å². The molecule has 1 amide bonds. The molecule has 3 aromatic rings. The van der Waals surface area contributed by atoms with Crippen LogP contribution in [0.1, 0.15) is 36.2 Å². The number of rotatable bonds is 13. The quantitative estimate of drug-likeness (QED) is 0.288. The highest BCUT2D eigenvalue weighted by molar-refractivity contribution is 7.89. The number of hydrogen-bond acceptors (Lipinski definition) is 6. The number of carbonyl (C=O) groups excluding carboxylic acids is 1. The standard InChI is InChI=1S/C31H36ClFN2O6S/c1-21(2)18-35(42(38,39)24-12-13-27(33)26(32)17-24)19-29(36)28(16-22-8-4-3-5-9-22)34-31(37)25-10-6-7-11-30(25)41-23-14-15-40-20-23/h3-13,17,21,23,28-29,36H,14-16,18-20H2,1-2H3,(H,34,37)/t23-,28+,29-/m1/s1. The first-order valence-electron chi connectivity index (χ1n) is 13.9. The summed E-state index contributed by atoms with van der Waals surface area (Å²) in [5.41, 5.74) is 1.14. The lowest BCUT2D eigenvalue weighted by Crippen LogP contribution is -2.51. The highest BCUT2D eigenvalue weighted by Gasteiger charge is 2.32. The Bertz CT molecular complexity index is 1450. The number of benzene rings is 3. The van der Waals surface area contributed by atoms with Crippen LogP contribution in [0.2, 0.25) is 5.02 Å². The monoisotopic (exact) mass is 618 g/mol. The summed E-state index contributed by atoms with van der Waals surface area (Å²) in [6.45, 7) is 4.49. The molecule has 0 aromatic heterocycles. The number of aliphatic hydroxyl groups excluding tert-OH is 1. The minimum atomic E-state index is -4.16. The lowest BCUT2D eigenvalue weighted by Gasteiger charge is -2.31. The van der Waals surface area contributed by atoms with Crippen molar-refractivity contribution in [3.63, 3.8) is 0 Å². The summed E-state index contributed by atoms with van der Waals surface area (Å²) in [7, 11) is -4.16. The molecule has 0 spiro atoms. The van der Waals surface area contributed by atoms with E-state index < -0.39 is 33.9 Å². The first-order chi connectivity index (χ1) is 20.0. The Morgan fingerprint density at radius 1 is 1.12 bits per heavy atom. The van der Waals surface area contributed by atoms with E-state index in [9.17, 15) is 22.7 Å². The van der Waals surface area contributed by atoms with Gasteiger partial charge in [-0.3, -0.25) is 4.79 Å². The predicted molar refractivity (Wildman–Crippen MR) is 159 cm³/mol. The molecular weight excluding hydrogens is 583 g/mol. The second kappa shape index (κ2) is 14.4. The largest absolute Gasteiger partial charge is 0.487 e. The molecule has 11 heteroatoms. The molecule has 4 rings (SSSR count). The second-order valence-corrected chi connectivity index (χ2v) is 13.1. The Labute approximate surface area is 251 Å². The molecule has 0 saturated carbocycles. The van der Waals surface area contributed by atoms with Crippen LogP contribution in [0.25, 0.3) is 0 Å². The third kappa shape index (κ3) is 8.29. The maximum Gasteiger partial charge on any atom is 0.255 e. The van der Waals surface area contributed by atoms with Gasteiger partial charge in [0.15, 0.2) is 0 Å². The molecule has 8 nitrogen and oxygen atoms in total. The Hall–Kier alpha value is -3.02. The highest BCUT2D eigenvalue weighted by atomic mass is 35.5. The van der Waals surface area contributed by atoms with E-state index in [1.807, 2.05) is 44.2 Å². The number of carbonyl (C=O) groups is 1. The van der Waals surface area contributed by atoms with Crippen LogP contribution in [0.4, 0.5) is 4.39 Å². The summed E-state index contributed by atoms with van der Waals surface area (Å²) in [5, 5.41) is 14.1. The van der Waals surface area contributed by atoms with Gasteiger partial charge in [-0.15, -0.1) is 0 Å². The first-order valence-corrected chi connectivity index (χ1v) is 15.7. The van der Waals surface area contributed by atoms with Crippen LogP contribution < -0.4 is 10.1 Å². The van der Waals surface area contributed by atoms with Crippen LogP contribution in [0.3, 0.4) is 0 Å². The van der Waals surface area contributed by atoms with Crippen LogP contribution >= 0.6 is 11.6 Å². The van der Waals surface area contributed by atoms with Gasteiger partial charge in [-0.2, -0.15) is 4.31 Å².